The first-order valence-electron chi connectivity index (χ1n) is 1.68. The Bertz CT molecular complexity index is 115. The zero-order valence-electron chi connectivity index (χ0n) is 3.88. The molecule has 7 heavy (non-hydrogen) atoms. The molecule has 3 heteroatoms. The smallest absolute Gasteiger partial charge is 0.0319 e. The fourth-order valence-electron chi connectivity index (χ4n) is 0.255. The Morgan fingerprint density at radius 1 is 1.86 bits per heavy atom. The van der Waals surface area contributed by atoms with Crippen LogP contribution in [-0.2, 0) is 18.6 Å². The summed E-state index contributed by atoms with van der Waals surface area (Å²) in [6, 6.07) is 0. The minimum absolute atomic E-state index is 0. The van der Waals surface area contributed by atoms with E-state index >= 15 is 0 Å². The average molecular weight is 133 g/mol. The Balaban J connectivity index is 0.000000360. The van der Waals surface area contributed by atoms with Gasteiger partial charge in [0.15, 0.2) is 0 Å². The predicted octanol–water partition coefficient (Wildman–Crippen LogP) is 0.781. The fourth-order valence-corrected chi connectivity index (χ4v) is 0.255. The number of oxazole rings is 1. The van der Waals surface area contributed by atoms with Crippen molar-refractivity contribution in [3.8, 4) is 0 Å². The van der Waals surface area contributed by atoms with E-state index in [1.807, 2.05) is 0 Å². The summed E-state index contributed by atoms with van der Waals surface area (Å²) >= 11 is 0. The fraction of sp³-hybridized carbons (Fsp3) is 0.250. The molecule has 1 rings (SSSR count). The quantitative estimate of drug-likeness (QED) is 0.489. The van der Waals surface area contributed by atoms with Crippen LogP contribution in [0.3, 0.4) is 0 Å². The van der Waals surface area contributed by atoms with Crippen molar-refractivity contribution in [2.45, 2.75) is 6.92 Å². The van der Waals surface area contributed by atoms with Crippen LogP contribution < -0.4 is 0 Å². The van der Waals surface area contributed by atoms with Crippen molar-refractivity contribution in [3.63, 3.8) is 0 Å². The van der Waals surface area contributed by atoms with Gasteiger partial charge in [0.25, 0.3) is 0 Å². The van der Waals surface area contributed by atoms with Gasteiger partial charge >= 0.3 is 0 Å². The summed E-state index contributed by atoms with van der Waals surface area (Å²) < 4.78 is 4.67. The second kappa shape index (κ2) is 2.89. The summed E-state index contributed by atoms with van der Waals surface area (Å²) in [6.07, 6.45) is 3.94. The molecule has 2 nitrogen and oxygen atoms in total. The maximum atomic E-state index is 4.67. The molecule has 0 unspecified atom stereocenters. The molecule has 1 radical (unpaired) electrons. The Labute approximate surface area is 53.8 Å². The van der Waals surface area contributed by atoms with Gasteiger partial charge in [-0.15, -0.1) is 6.20 Å². The summed E-state index contributed by atoms with van der Waals surface area (Å²) in [5.74, 6) is 0.662. The predicted molar refractivity (Wildman–Crippen MR) is 20.1 cm³/mol. The van der Waals surface area contributed by atoms with Gasteiger partial charge in [-0.2, -0.15) is 0 Å². The number of hydrogen-bond acceptors (Lipinski definition) is 2. The molecule has 0 fully saturated rings. The first kappa shape index (κ1) is 6.79. The van der Waals surface area contributed by atoms with Crippen molar-refractivity contribution in [3.05, 3.63) is 18.4 Å². The maximum Gasteiger partial charge on any atom is 0.0319 e. The largest absolute Gasteiger partial charge is 0.554 e. The van der Waals surface area contributed by atoms with E-state index in [9.17, 15) is 0 Å². The van der Waals surface area contributed by atoms with Gasteiger partial charge in [-0.25, -0.2) is 0 Å². The van der Waals surface area contributed by atoms with Gasteiger partial charge in [0, 0.05) is 24.4 Å². The van der Waals surface area contributed by atoms with Crippen LogP contribution in [0.2, 0.25) is 0 Å². The van der Waals surface area contributed by atoms with Crippen LogP contribution >= 0.6 is 0 Å². The van der Waals surface area contributed by atoms with E-state index in [4.69, 9.17) is 0 Å². The van der Waals surface area contributed by atoms with Crippen molar-refractivity contribution in [1.29, 1.82) is 0 Å². The molecule has 0 aromatic carbocycles. The first-order chi connectivity index (χ1) is 2.89. The summed E-state index contributed by atoms with van der Waals surface area (Å²) in [6.45, 7) is 1.77. The molecule has 0 aliphatic carbocycles. The van der Waals surface area contributed by atoms with Crippen LogP contribution in [0.15, 0.2) is 10.7 Å². The zero-order valence-corrected chi connectivity index (χ0v) is 5.28. The molecule has 0 spiro atoms. The summed E-state index contributed by atoms with van der Waals surface area (Å²) in [4.78, 5) is 3.62. The van der Waals surface area contributed by atoms with Crippen molar-refractivity contribution in [1.82, 2.24) is 4.98 Å². The second-order valence-corrected chi connectivity index (χ2v) is 0.996. The Hall–Kier alpha value is -0.206. The van der Waals surface area contributed by atoms with Crippen molar-refractivity contribution in [2.24, 2.45) is 0 Å². The minimum Gasteiger partial charge on any atom is -0.554 e. The van der Waals surface area contributed by atoms with Gasteiger partial charge in [-0.05, 0) is 6.26 Å². The van der Waals surface area contributed by atoms with Gasteiger partial charge in [0.1, 0.15) is 0 Å². The molecule has 0 aliphatic rings. The van der Waals surface area contributed by atoms with E-state index in [-0.39, 0.29) is 18.6 Å². The molecule has 0 saturated heterocycles. The second-order valence-electron chi connectivity index (χ2n) is 0.996. The van der Waals surface area contributed by atoms with Crippen LogP contribution in [0.1, 0.15) is 5.89 Å². The summed E-state index contributed by atoms with van der Waals surface area (Å²) in [7, 11) is 0. The molecule has 0 bridgehead atoms. The van der Waals surface area contributed by atoms with E-state index in [2.05, 4.69) is 15.6 Å². The van der Waals surface area contributed by atoms with E-state index in [1.54, 1.807) is 6.92 Å². The summed E-state index contributed by atoms with van der Waals surface area (Å²) in [5, 5.41) is 0. The van der Waals surface area contributed by atoms with Gasteiger partial charge in [-0.3, -0.25) is 0 Å². The van der Waals surface area contributed by atoms with E-state index in [0.29, 0.717) is 5.89 Å². The van der Waals surface area contributed by atoms with Crippen LogP contribution in [0.4, 0.5) is 0 Å². The minimum atomic E-state index is 0. The van der Waals surface area contributed by atoms with Crippen molar-refractivity contribution in [2.75, 3.05) is 0 Å². The molecule has 0 atom stereocenters. The molecule has 37 valence electrons. The molecule has 1 aromatic rings. The zero-order chi connectivity index (χ0) is 4.41. The maximum absolute atomic E-state index is 4.67. The first-order valence-corrected chi connectivity index (χ1v) is 1.68. The SMILES string of the molecule is Cc1n[c-]co1.[V]. The molecule has 0 N–H and O–H groups in total. The number of nitrogens with zero attached hydrogens (tertiary/aromatic N) is 1. The number of aryl methyl sites for hydroxylation is 1. The Morgan fingerprint density at radius 2 is 2.57 bits per heavy atom. The third-order valence-electron chi connectivity index (χ3n) is 0.504. The van der Waals surface area contributed by atoms with E-state index in [0.717, 1.165) is 0 Å². The van der Waals surface area contributed by atoms with Crippen molar-refractivity contribution >= 4 is 0 Å². The van der Waals surface area contributed by atoms with Crippen LogP contribution in [-0.4, -0.2) is 4.98 Å². The molecule has 0 aliphatic heterocycles. The van der Waals surface area contributed by atoms with Gasteiger partial charge in [0.05, 0.1) is 0 Å². The topological polar surface area (TPSA) is 26.0 Å². The standard InChI is InChI=1S/C4H4NO.V/c1-4-5-2-3-6-4;/h3H,1H3;/q-1;. The number of hydrogen-bond donors (Lipinski definition) is 0. The molecule has 1 heterocycles. The van der Waals surface area contributed by atoms with E-state index < -0.39 is 0 Å². The molecule has 0 amide bonds. The Kier molecular flexibility index (Phi) is 2.80. The van der Waals surface area contributed by atoms with Crippen molar-refractivity contribution < 1.29 is 23.0 Å². The number of rotatable bonds is 0. The van der Waals surface area contributed by atoms with Gasteiger partial charge in [-0.1, -0.05) is 6.92 Å². The normalized spacial score (nSPS) is 7.57. The third-order valence-corrected chi connectivity index (χ3v) is 0.504. The number of aromatic nitrogens is 1. The van der Waals surface area contributed by atoms with E-state index in [1.165, 1.54) is 6.26 Å². The molecular formula is C4H4NOV-. The molecular weight excluding hydrogens is 129 g/mol. The third kappa shape index (κ3) is 1.81. The molecule has 0 saturated carbocycles. The van der Waals surface area contributed by atoms with Crippen LogP contribution in [0.5, 0.6) is 0 Å². The monoisotopic (exact) mass is 133 g/mol. The Morgan fingerprint density at radius 3 is 2.71 bits per heavy atom. The molecule has 1 aromatic heterocycles. The summed E-state index contributed by atoms with van der Waals surface area (Å²) in [5.41, 5.74) is 0. The van der Waals surface area contributed by atoms with Gasteiger partial charge in [0.2, 0.25) is 0 Å². The van der Waals surface area contributed by atoms with Gasteiger partial charge < -0.3 is 9.40 Å². The van der Waals surface area contributed by atoms with Crippen LogP contribution in [0.25, 0.3) is 0 Å². The van der Waals surface area contributed by atoms with Crippen LogP contribution in [0, 0.1) is 13.1 Å². The average Bonchev–Trinajstić information content (AvgIpc) is 1.86.